The number of nitrogens with zero attached hydrogens (tertiary/aromatic N) is 1. The van der Waals surface area contributed by atoms with Gasteiger partial charge in [-0.3, -0.25) is 9.59 Å². The van der Waals surface area contributed by atoms with Gasteiger partial charge in [0.15, 0.2) is 0 Å². The number of hydrogen-bond acceptors (Lipinski definition) is 2. The van der Waals surface area contributed by atoms with E-state index in [2.05, 4.69) is 73.6 Å². The fourth-order valence-electron chi connectivity index (χ4n) is 4.89. The number of H-pyrrole nitrogens is 1. The number of para-hydroxylation sites is 1. The second kappa shape index (κ2) is 11.0. The smallest absolute Gasteiger partial charge is 0.222 e. The Hall–Kier alpha value is -2.60. The molecule has 4 rings (SSSR count). The molecule has 33 heavy (non-hydrogen) atoms. The van der Waals surface area contributed by atoms with Gasteiger partial charge in [0.2, 0.25) is 11.8 Å². The van der Waals surface area contributed by atoms with Gasteiger partial charge in [-0.05, 0) is 61.4 Å². The summed E-state index contributed by atoms with van der Waals surface area (Å²) in [5.74, 6) is 0.551. The van der Waals surface area contributed by atoms with E-state index < -0.39 is 0 Å². The standard InChI is InChI=1S/C27H32BrN3O2/c1-19(32)29-16-15-24-23-8-2-3-9-25(23)30-27(24)21-7-5-17-31(18-21)26(33)10-4-6-20-11-13-22(28)14-12-20/h2-3,8-9,11-14,21,30H,4-7,10,15-18H2,1H3,(H,29,32). The molecule has 0 radical (unpaired) electrons. The van der Waals surface area contributed by atoms with Gasteiger partial charge in [0.1, 0.15) is 0 Å². The first-order valence-electron chi connectivity index (χ1n) is 11.9. The number of benzene rings is 2. The van der Waals surface area contributed by atoms with Crippen molar-refractivity contribution in [1.29, 1.82) is 0 Å². The molecular weight excluding hydrogens is 478 g/mol. The highest BCUT2D eigenvalue weighted by molar-refractivity contribution is 9.10. The van der Waals surface area contributed by atoms with Crippen LogP contribution in [-0.4, -0.2) is 41.3 Å². The normalized spacial score (nSPS) is 16.2. The average molecular weight is 510 g/mol. The van der Waals surface area contributed by atoms with Crippen LogP contribution in [0.2, 0.25) is 0 Å². The van der Waals surface area contributed by atoms with Crippen molar-refractivity contribution in [2.24, 2.45) is 0 Å². The lowest BCUT2D eigenvalue weighted by molar-refractivity contribution is -0.132. The van der Waals surface area contributed by atoms with E-state index in [9.17, 15) is 9.59 Å². The number of nitrogens with one attached hydrogen (secondary N) is 2. The molecule has 0 aliphatic carbocycles. The van der Waals surface area contributed by atoms with Gasteiger partial charge >= 0.3 is 0 Å². The number of carbonyl (C=O) groups is 2. The van der Waals surface area contributed by atoms with Crippen molar-refractivity contribution in [3.8, 4) is 0 Å². The third kappa shape index (κ3) is 6.05. The zero-order valence-corrected chi connectivity index (χ0v) is 20.8. The predicted molar refractivity (Wildman–Crippen MR) is 136 cm³/mol. The number of amides is 2. The van der Waals surface area contributed by atoms with E-state index in [1.807, 2.05) is 6.07 Å². The quantitative estimate of drug-likeness (QED) is 0.430. The van der Waals surface area contributed by atoms with Crippen molar-refractivity contribution in [3.05, 3.63) is 69.8 Å². The summed E-state index contributed by atoms with van der Waals surface area (Å²) < 4.78 is 1.08. The number of halogens is 1. The van der Waals surface area contributed by atoms with Gasteiger partial charge in [-0.25, -0.2) is 0 Å². The summed E-state index contributed by atoms with van der Waals surface area (Å²) in [4.78, 5) is 30.1. The summed E-state index contributed by atoms with van der Waals surface area (Å²) >= 11 is 3.47. The lowest BCUT2D eigenvalue weighted by Gasteiger charge is -2.33. The molecule has 1 fully saturated rings. The molecule has 2 heterocycles. The summed E-state index contributed by atoms with van der Waals surface area (Å²) in [5.41, 5.74) is 4.90. The highest BCUT2D eigenvalue weighted by atomic mass is 79.9. The van der Waals surface area contributed by atoms with Crippen LogP contribution in [0.3, 0.4) is 0 Å². The van der Waals surface area contributed by atoms with Gasteiger partial charge in [-0.15, -0.1) is 0 Å². The third-order valence-corrected chi connectivity index (χ3v) is 7.08. The molecule has 174 valence electrons. The lowest BCUT2D eigenvalue weighted by atomic mass is 9.90. The molecule has 0 saturated carbocycles. The third-order valence-electron chi connectivity index (χ3n) is 6.55. The molecular formula is C27H32BrN3O2. The number of rotatable bonds is 8. The number of aromatic amines is 1. The van der Waals surface area contributed by atoms with Crippen LogP contribution in [0.1, 0.15) is 55.3 Å². The second-order valence-corrected chi connectivity index (χ2v) is 9.87. The Morgan fingerprint density at radius 3 is 2.70 bits per heavy atom. The van der Waals surface area contributed by atoms with Crippen molar-refractivity contribution >= 4 is 38.6 Å². The number of aromatic nitrogens is 1. The molecule has 0 bridgehead atoms. The fraction of sp³-hybridized carbons (Fsp3) is 0.407. The Morgan fingerprint density at radius 2 is 1.91 bits per heavy atom. The van der Waals surface area contributed by atoms with E-state index in [4.69, 9.17) is 0 Å². The van der Waals surface area contributed by atoms with Crippen LogP contribution in [0.25, 0.3) is 10.9 Å². The molecule has 5 nitrogen and oxygen atoms in total. The summed E-state index contributed by atoms with van der Waals surface area (Å²) in [6.45, 7) is 3.78. The van der Waals surface area contributed by atoms with Crippen LogP contribution in [0.5, 0.6) is 0 Å². The Balaban J connectivity index is 1.41. The molecule has 2 aromatic carbocycles. The molecule has 1 saturated heterocycles. The first-order valence-corrected chi connectivity index (χ1v) is 12.7. The van der Waals surface area contributed by atoms with Crippen molar-refractivity contribution in [1.82, 2.24) is 15.2 Å². The summed E-state index contributed by atoms with van der Waals surface area (Å²) in [6.07, 6.45) is 5.26. The lowest BCUT2D eigenvalue weighted by Crippen LogP contribution is -2.39. The molecule has 1 aliphatic heterocycles. The minimum absolute atomic E-state index is 0.00559. The van der Waals surface area contributed by atoms with Crippen LogP contribution < -0.4 is 5.32 Å². The molecule has 3 aromatic rings. The van der Waals surface area contributed by atoms with Gasteiger partial charge in [0.25, 0.3) is 0 Å². The SMILES string of the molecule is CC(=O)NCCc1c(C2CCCN(C(=O)CCCc3ccc(Br)cc3)C2)[nH]c2ccccc12. The largest absolute Gasteiger partial charge is 0.358 e. The number of carbonyl (C=O) groups excluding carboxylic acids is 2. The minimum atomic E-state index is -0.00559. The van der Waals surface area contributed by atoms with E-state index in [0.717, 1.165) is 55.2 Å². The first-order chi connectivity index (χ1) is 16.0. The van der Waals surface area contributed by atoms with E-state index in [1.54, 1.807) is 6.92 Å². The van der Waals surface area contributed by atoms with E-state index >= 15 is 0 Å². The first kappa shape index (κ1) is 23.6. The van der Waals surface area contributed by atoms with Crippen molar-refractivity contribution in [2.45, 2.75) is 51.4 Å². The van der Waals surface area contributed by atoms with Gasteiger partial charge < -0.3 is 15.2 Å². The maximum Gasteiger partial charge on any atom is 0.222 e. The van der Waals surface area contributed by atoms with Gasteiger partial charge in [0.05, 0.1) is 0 Å². The minimum Gasteiger partial charge on any atom is -0.358 e. The number of likely N-dealkylation sites (tertiary alicyclic amines) is 1. The summed E-state index contributed by atoms with van der Waals surface area (Å²) in [6, 6.07) is 16.7. The zero-order chi connectivity index (χ0) is 23.2. The monoisotopic (exact) mass is 509 g/mol. The summed E-state index contributed by atoms with van der Waals surface area (Å²) in [5, 5.41) is 4.14. The summed E-state index contributed by atoms with van der Waals surface area (Å²) in [7, 11) is 0. The molecule has 1 aliphatic rings. The molecule has 1 unspecified atom stereocenters. The van der Waals surface area contributed by atoms with Crippen LogP contribution in [0.15, 0.2) is 53.0 Å². The van der Waals surface area contributed by atoms with Crippen LogP contribution in [0, 0.1) is 0 Å². The number of piperidine rings is 1. The van der Waals surface area contributed by atoms with Crippen molar-refractivity contribution < 1.29 is 9.59 Å². The van der Waals surface area contributed by atoms with Crippen LogP contribution in [0.4, 0.5) is 0 Å². The van der Waals surface area contributed by atoms with Gasteiger partial charge in [-0.1, -0.05) is 46.3 Å². The van der Waals surface area contributed by atoms with Crippen LogP contribution >= 0.6 is 15.9 Å². The Labute approximate surface area is 204 Å². The number of aryl methyl sites for hydroxylation is 1. The fourth-order valence-corrected chi connectivity index (χ4v) is 5.16. The zero-order valence-electron chi connectivity index (χ0n) is 19.2. The molecule has 0 spiro atoms. The highest BCUT2D eigenvalue weighted by Gasteiger charge is 2.27. The Kier molecular flexibility index (Phi) is 7.86. The molecule has 6 heteroatoms. The number of hydrogen-bond donors (Lipinski definition) is 2. The van der Waals surface area contributed by atoms with Crippen molar-refractivity contribution in [2.75, 3.05) is 19.6 Å². The topological polar surface area (TPSA) is 65.2 Å². The van der Waals surface area contributed by atoms with E-state index in [-0.39, 0.29) is 11.8 Å². The van der Waals surface area contributed by atoms with Crippen LogP contribution in [-0.2, 0) is 22.4 Å². The van der Waals surface area contributed by atoms with E-state index in [1.165, 1.54) is 22.2 Å². The average Bonchev–Trinajstić information content (AvgIpc) is 3.19. The van der Waals surface area contributed by atoms with Gasteiger partial charge in [-0.2, -0.15) is 0 Å². The predicted octanol–water partition coefficient (Wildman–Crippen LogP) is 5.34. The maximum atomic E-state index is 13.0. The Bertz CT molecular complexity index is 1110. The molecule has 2 amide bonds. The highest BCUT2D eigenvalue weighted by Crippen LogP contribution is 2.33. The maximum absolute atomic E-state index is 13.0. The van der Waals surface area contributed by atoms with E-state index in [0.29, 0.717) is 18.9 Å². The molecule has 1 atom stereocenters. The van der Waals surface area contributed by atoms with Crippen molar-refractivity contribution in [3.63, 3.8) is 0 Å². The number of fused-ring (bicyclic) bond motifs is 1. The molecule has 1 aromatic heterocycles. The second-order valence-electron chi connectivity index (χ2n) is 8.95. The molecule has 2 N–H and O–H groups in total. The van der Waals surface area contributed by atoms with Gasteiger partial charge in [0, 0.05) is 60.0 Å². The Morgan fingerprint density at radius 1 is 1.12 bits per heavy atom.